The molecule has 0 aromatic rings. The van der Waals surface area contributed by atoms with Crippen LogP contribution in [0.5, 0.6) is 0 Å². The molecule has 0 atom stereocenters. The Labute approximate surface area is 134 Å². The molecule has 1 aliphatic carbocycles. The molecule has 0 aromatic heterocycles. The van der Waals surface area contributed by atoms with E-state index in [0.717, 1.165) is 38.0 Å². The van der Waals surface area contributed by atoms with Crippen molar-refractivity contribution in [3.8, 4) is 0 Å². The van der Waals surface area contributed by atoms with Gasteiger partial charge in [0.1, 0.15) is 0 Å². The minimum Gasteiger partial charge on any atom is -0.469 e. The molecule has 1 rings (SSSR count). The lowest BCUT2D eigenvalue weighted by atomic mass is 9.80. The summed E-state index contributed by atoms with van der Waals surface area (Å²) in [6, 6.07) is 0. The number of unbranched alkanes of at least 4 members (excludes halogenated alkanes) is 3. The molecule has 22 heavy (non-hydrogen) atoms. The zero-order chi connectivity index (χ0) is 16.2. The molecular formula is C18H32O4. The fraction of sp³-hybridized carbons (Fsp3) is 0.889. The van der Waals surface area contributed by atoms with E-state index < -0.39 is 0 Å². The van der Waals surface area contributed by atoms with E-state index in [1.807, 2.05) is 0 Å². The van der Waals surface area contributed by atoms with E-state index in [-0.39, 0.29) is 17.9 Å². The van der Waals surface area contributed by atoms with Gasteiger partial charge in [-0.2, -0.15) is 0 Å². The van der Waals surface area contributed by atoms with Gasteiger partial charge in [-0.1, -0.05) is 26.2 Å². The van der Waals surface area contributed by atoms with Crippen LogP contribution in [0.2, 0.25) is 0 Å². The summed E-state index contributed by atoms with van der Waals surface area (Å²) in [4.78, 5) is 23.0. The highest BCUT2D eigenvalue weighted by molar-refractivity contribution is 5.72. The number of hydrogen-bond donors (Lipinski definition) is 0. The van der Waals surface area contributed by atoms with Crippen molar-refractivity contribution in [2.75, 3.05) is 13.7 Å². The van der Waals surface area contributed by atoms with Crippen molar-refractivity contribution in [2.24, 2.45) is 11.8 Å². The Kier molecular flexibility index (Phi) is 9.93. The largest absolute Gasteiger partial charge is 0.469 e. The van der Waals surface area contributed by atoms with Gasteiger partial charge in [0.15, 0.2) is 0 Å². The Morgan fingerprint density at radius 1 is 1.00 bits per heavy atom. The molecule has 0 spiro atoms. The van der Waals surface area contributed by atoms with Gasteiger partial charge in [-0.15, -0.1) is 0 Å². The Morgan fingerprint density at radius 2 is 1.73 bits per heavy atom. The van der Waals surface area contributed by atoms with Crippen LogP contribution in [0.15, 0.2) is 0 Å². The average molecular weight is 312 g/mol. The quantitative estimate of drug-likeness (QED) is 0.447. The second-order valence-corrected chi connectivity index (χ2v) is 6.41. The van der Waals surface area contributed by atoms with Crippen LogP contribution in [-0.2, 0) is 19.1 Å². The molecule has 0 heterocycles. The molecule has 1 fully saturated rings. The van der Waals surface area contributed by atoms with Crippen molar-refractivity contribution >= 4 is 11.9 Å². The van der Waals surface area contributed by atoms with Gasteiger partial charge in [0.25, 0.3) is 0 Å². The van der Waals surface area contributed by atoms with Crippen molar-refractivity contribution < 1.29 is 19.1 Å². The van der Waals surface area contributed by atoms with E-state index >= 15 is 0 Å². The lowest BCUT2D eigenvalue weighted by Gasteiger charge is -2.27. The molecule has 0 radical (unpaired) electrons. The first-order valence-corrected chi connectivity index (χ1v) is 8.90. The lowest BCUT2D eigenvalue weighted by molar-refractivity contribution is -0.150. The first-order valence-electron chi connectivity index (χ1n) is 8.90. The first-order chi connectivity index (χ1) is 10.7. The maximum atomic E-state index is 12.0. The van der Waals surface area contributed by atoms with Crippen LogP contribution in [0, 0.1) is 11.8 Å². The zero-order valence-electron chi connectivity index (χ0n) is 14.3. The van der Waals surface area contributed by atoms with Gasteiger partial charge in [-0.25, -0.2) is 0 Å². The smallest absolute Gasteiger partial charge is 0.308 e. The van der Waals surface area contributed by atoms with Crippen LogP contribution in [0.1, 0.15) is 77.6 Å². The molecule has 0 unspecified atom stereocenters. The number of hydrogen-bond acceptors (Lipinski definition) is 4. The van der Waals surface area contributed by atoms with Crippen LogP contribution in [-0.4, -0.2) is 25.7 Å². The van der Waals surface area contributed by atoms with E-state index in [1.54, 1.807) is 0 Å². The highest BCUT2D eigenvalue weighted by Crippen LogP contribution is 2.32. The Balaban J connectivity index is 2.03. The predicted octanol–water partition coefficient (Wildman–Crippen LogP) is 4.26. The van der Waals surface area contributed by atoms with E-state index in [9.17, 15) is 9.59 Å². The fourth-order valence-corrected chi connectivity index (χ4v) is 3.12. The van der Waals surface area contributed by atoms with Gasteiger partial charge in [-0.3, -0.25) is 9.59 Å². The molecule has 0 bridgehead atoms. The molecule has 0 aliphatic heterocycles. The van der Waals surface area contributed by atoms with E-state index in [0.29, 0.717) is 13.0 Å². The standard InChI is InChI=1S/C18H32O4/c1-3-4-8-15-10-12-16(13-11-15)18(20)22-14-7-5-6-9-17(19)21-2/h15-16H,3-14H2,1-2H3. The maximum Gasteiger partial charge on any atom is 0.308 e. The summed E-state index contributed by atoms with van der Waals surface area (Å²) in [5.41, 5.74) is 0. The molecule has 0 N–H and O–H groups in total. The number of methoxy groups -OCH3 is 1. The molecule has 1 aliphatic rings. The average Bonchev–Trinajstić information content (AvgIpc) is 2.56. The Morgan fingerprint density at radius 3 is 2.36 bits per heavy atom. The summed E-state index contributed by atoms with van der Waals surface area (Å²) in [6.07, 6.45) is 11.2. The Bertz CT molecular complexity index is 319. The van der Waals surface area contributed by atoms with Crippen LogP contribution in [0.4, 0.5) is 0 Å². The number of carbonyl (C=O) groups excluding carboxylic acids is 2. The summed E-state index contributed by atoms with van der Waals surface area (Å²) in [5.74, 6) is 0.758. The third-order valence-electron chi connectivity index (χ3n) is 4.64. The molecule has 0 amide bonds. The minimum absolute atomic E-state index is 0.0121. The van der Waals surface area contributed by atoms with E-state index in [2.05, 4.69) is 11.7 Å². The van der Waals surface area contributed by atoms with Crippen LogP contribution in [0.3, 0.4) is 0 Å². The van der Waals surface area contributed by atoms with Crippen molar-refractivity contribution in [1.82, 2.24) is 0 Å². The van der Waals surface area contributed by atoms with Crippen molar-refractivity contribution in [3.05, 3.63) is 0 Å². The summed E-state index contributed by atoms with van der Waals surface area (Å²) >= 11 is 0. The molecule has 0 aromatic carbocycles. The maximum absolute atomic E-state index is 12.0. The van der Waals surface area contributed by atoms with Gasteiger partial charge >= 0.3 is 11.9 Å². The number of ether oxygens (including phenoxy) is 2. The predicted molar refractivity (Wildman–Crippen MR) is 86.4 cm³/mol. The topological polar surface area (TPSA) is 52.6 Å². The third kappa shape index (κ3) is 7.81. The van der Waals surface area contributed by atoms with Crippen molar-refractivity contribution in [3.63, 3.8) is 0 Å². The van der Waals surface area contributed by atoms with Gasteiger partial charge in [0, 0.05) is 6.42 Å². The number of carbonyl (C=O) groups is 2. The monoisotopic (exact) mass is 312 g/mol. The van der Waals surface area contributed by atoms with Gasteiger partial charge < -0.3 is 9.47 Å². The highest BCUT2D eigenvalue weighted by Gasteiger charge is 2.26. The number of esters is 2. The molecule has 4 nitrogen and oxygen atoms in total. The molecule has 128 valence electrons. The number of rotatable bonds is 10. The van der Waals surface area contributed by atoms with E-state index in [1.165, 1.54) is 39.2 Å². The second kappa shape index (κ2) is 11.5. The van der Waals surface area contributed by atoms with Crippen molar-refractivity contribution in [2.45, 2.75) is 77.6 Å². The van der Waals surface area contributed by atoms with E-state index in [4.69, 9.17) is 4.74 Å². The van der Waals surface area contributed by atoms with Gasteiger partial charge in [0.05, 0.1) is 19.6 Å². The van der Waals surface area contributed by atoms with Gasteiger partial charge in [-0.05, 0) is 50.9 Å². The molecule has 1 saturated carbocycles. The molecular weight excluding hydrogens is 280 g/mol. The zero-order valence-corrected chi connectivity index (χ0v) is 14.3. The third-order valence-corrected chi connectivity index (χ3v) is 4.64. The van der Waals surface area contributed by atoms with Crippen LogP contribution in [0.25, 0.3) is 0 Å². The molecule has 4 heteroatoms. The lowest BCUT2D eigenvalue weighted by Crippen LogP contribution is -2.24. The summed E-state index contributed by atoms with van der Waals surface area (Å²) in [6.45, 7) is 2.71. The summed E-state index contributed by atoms with van der Waals surface area (Å²) in [5, 5.41) is 0. The van der Waals surface area contributed by atoms with Crippen molar-refractivity contribution in [1.29, 1.82) is 0 Å². The highest BCUT2D eigenvalue weighted by atomic mass is 16.5. The second-order valence-electron chi connectivity index (χ2n) is 6.41. The first kappa shape index (κ1) is 19.0. The summed E-state index contributed by atoms with van der Waals surface area (Å²) < 4.78 is 9.96. The van der Waals surface area contributed by atoms with Gasteiger partial charge in [0.2, 0.25) is 0 Å². The van der Waals surface area contributed by atoms with Crippen LogP contribution < -0.4 is 0 Å². The van der Waals surface area contributed by atoms with Crippen LogP contribution >= 0.6 is 0 Å². The Hall–Kier alpha value is -1.06. The molecule has 0 saturated heterocycles. The normalized spacial score (nSPS) is 21.4. The summed E-state index contributed by atoms with van der Waals surface area (Å²) in [7, 11) is 1.40. The fourth-order valence-electron chi connectivity index (χ4n) is 3.12. The SMILES string of the molecule is CCCCC1CCC(C(=O)OCCCCCC(=O)OC)CC1. The minimum atomic E-state index is -0.170.